The summed E-state index contributed by atoms with van der Waals surface area (Å²) in [5.41, 5.74) is 1.28. The molecule has 156 valence electrons. The predicted octanol–water partition coefficient (Wildman–Crippen LogP) is 2.86. The molecule has 2 saturated heterocycles. The highest BCUT2D eigenvalue weighted by atomic mass is 19.3. The lowest BCUT2D eigenvalue weighted by Crippen LogP contribution is -2.64. The molecule has 1 amide bonds. The van der Waals surface area contributed by atoms with Crippen molar-refractivity contribution in [2.75, 3.05) is 24.5 Å². The molecule has 9 heteroatoms. The van der Waals surface area contributed by atoms with Crippen molar-refractivity contribution in [3.8, 4) is 0 Å². The lowest BCUT2D eigenvalue weighted by molar-refractivity contribution is -0.293. The Hall–Kier alpha value is -2.39. The van der Waals surface area contributed by atoms with Crippen LogP contribution in [0.1, 0.15) is 24.1 Å². The minimum absolute atomic E-state index is 0.0207. The standard InChI is InChI=1S/C20H23F3N4O2/c1-14-15(11-24-25(14)2)12-26-9-7-19(8-10-26)13-27(18(28)20(22,23)29-19)17-5-3-16(21)4-6-17/h3-6,11H,7-10,12-13H2,1-2H3. The van der Waals surface area contributed by atoms with E-state index in [0.717, 1.165) is 28.3 Å². The molecule has 2 aliphatic heterocycles. The van der Waals surface area contributed by atoms with Crippen LogP contribution in [-0.4, -0.2) is 51.9 Å². The molecule has 0 radical (unpaired) electrons. The van der Waals surface area contributed by atoms with E-state index < -0.39 is 23.4 Å². The average molecular weight is 408 g/mol. The summed E-state index contributed by atoms with van der Waals surface area (Å²) in [6.45, 7) is 3.83. The van der Waals surface area contributed by atoms with E-state index in [1.165, 1.54) is 12.1 Å². The predicted molar refractivity (Wildman–Crippen MR) is 100.0 cm³/mol. The van der Waals surface area contributed by atoms with Gasteiger partial charge in [0.25, 0.3) is 0 Å². The van der Waals surface area contributed by atoms with Crippen LogP contribution < -0.4 is 4.90 Å². The molecule has 0 N–H and O–H groups in total. The number of halogens is 3. The number of aryl methyl sites for hydroxylation is 1. The molecule has 0 atom stereocenters. The number of alkyl halides is 2. The van der Waals surface area contributed by atoms with Crippen molar-refractivity contribution in [1.82, 2.24) is 14.7 Å². The highest BCUT2D eigenvalue weighted by molar-refractivity contribution is 5.98. The first kappa shape index (κ1) is 19.9. The second kappa shape index (κ2) is 7.14. The van der Waals surface area contributed by atoms with E-state index in [1.54, 1.807) is 4.68 Å². The van der Waals surface area contributed by atoms with Crippen LogP contribution >= 0.6 is 0 Å². The van der Waals surface area contributed by atoms with Gasteiger partial charge in [0.2, 0.25) is 0 Å². The Labute approximate surface area is 166 Å². The number of benzene rings is 1. The minimum Gasteiger partial charge on any atom is -0.304 e. The van der Waals surface area contributed by atoms with E-state index in [-0.39, 0.29) is 12.2 Å². The topological polar surface area (TPSA) is 50.6 Å². The Morgan fingerprint density at radius 3 is 2.41 bits per heavy atom. The fraction of sp³-hybridized carbons (Fsp3) is 0.500. The van der Waals surface area contributed by atoms with Crippen LogP contribution in [0.2, 0.25) is 0 Å². The van der Waals surface area contributed by atoms with Crippen molar-refractivity contribution in [1.29, 1.82) is 0 Å². The second-order valence-corrected chi connectivity index (χ2v) is 7.82. The molecular formula is C20H23F3N4O2. The fourth-order valence-electron chi connectivity index (χ4n) is 4.01. The summed E-state index contributed by atoms with van der Waals surface area (Å²) in [7, 11) is 1.88. The van der Waals surface area contributed by atoms with Crippen LogP contribution in [0, 0.1) is 12.7 Å². The highest BCUT2D eigenvalue weighted by Gasteiger charge is 2.57. The maximum atomic E-state index is 14.4. The number of piperidine rings is 1. The number of carbonyl (C=O) groups excluding carboxylic acids is 1. The van der Waals surface area contributed by atoms with Gasteiger partial charge in [0.1, 0.15) is 5.82 Å². The lowest BCUT2D eigenvalue weighted by atomic mass is 9.88. The summed E-state index contributed by atoms with van der Waals surface area (Å²) in [5.74, 6) is -1.90. The van der Waals surface area contributed by atoms with E-state index in [1.807, 2.05) is 20.2 Å². The molecule has 2 aliphatic rings. The molecular weight excluding hydrogens is 385 g/mol. The number of nitrogens with zero attached hydrogens (tertiary/aromatic N) is 4. The van der Waals surface area contributed by atoms with Gasteiger partial charge in [-0.15, -0.1) is 0 Å². The van der Waals surface area contributed by atoms with Gasteiger partial charge >= 0.3 is 12.0 Å². The minimum atomic E-state index is -3.91. The summed E-state index contributed by atoms with van der Waals surface area (Å²) in [5, 5.41) is 4.24. The molecule has 0 saturated carbocycles. The quantitative estimate of drug-likeness (QED) is 0.784. The Morgan fingerprint density at radius 2 is 1.83 bits per heavy atom. The van der Waals surface area contributed by atoms with E-state index >= 15 is 0 Å². The SMILES string of the molecule is Cc1c(CN2CCC3(CC2)CN(c2ccc(F)cc2)C(=O)C(F)(F)O3)cnn1C. The van der Waals surface area contributed by atoms with Crippen LogP contribution in [0.5, 0.6) is 0 Å². The first-order chi connectivity index (χ1) is 13.7. The third-order valence-electron chi connectivity index (χ3n) is 5.92. The molecule has 4 rings (SSSR count). The Morgan fingerprint density at radius 1 is 1.17 bits per heavy atom. The van der Waals surface area contributed by atoms with Gasteiger partial charge in [0.15, 0.2) is 0 Å². The van der Waals surface area contributed by atoms with E-state index in [9.17, 15) is 18.0 Å². The zero-order valence-corrected chi connectivity index (χ0v) is 16.4. The largest absolute Gasteiger partial charge is 0.437 e. The number of likely N-dealkylation sites (tertiary alicyclic amines) is 1. The highest BCUT2D eigenvalue weighted by Crippen LogP contribution is 2.40. The normalized spacial score (nSPS) is 21.7. The van der Waals surface area contributed by atoms with Crippen molar-refractivity contribution in [2.45, 2.75) is 38.0 Å². The molecule has 6 nitrogen and oxygen atoms in total. The summed E-state index contributed by atoms with van der Waals surface area (Å²) in [4.78, 5) is 15.4. The number of hydrogen-bond acceptors (Lipinski definition) is 4. The zero-order valence-electron chi connectivity index (χ0n) is 16.4. The van der Waals surface area contributed by atoms with Gasteiger partial charge in [0, 0.05) is 43.6 Å². The number of morpholine rings is 1. The van der Waals surface area contributed by atoms with Crippen molar-refractivity contribution in [3.63, 3.8) is 0 Å². The first-order valence-corrected chi connectivity index (χ1v) is 9.54. The van der Waals surface area contributed by atoms with Crippen LogP contribution in [0.25, 0.3) is 0 Å². The monoisotopic (exact) mass is 408 g/mol. The molecule has 1 spiro atoms. The summed E-state index contributed by atoms with van der Waals surface area (Å²) in [6.07, 6.45) is -1.35. The average Bonchev–Trinajstić information content (AvgIpc) is 2.99. The summed E-state index contributed by atoms with van der Waals surface area (Å²) >= 11 is 0. The Bertz CT molecular complexity index is 905. The summed E-state index contributed by atoms with van der Waals surface area (Å²) < 4.78 is 49.0. The first-order valence-electron chi connectivity index (χ1n) is 9.54. The molecule has 3 heterocycles. The number of hydrogen-bond donors (Lipinski definition) is 0. The molecule has 2 aromatic rings. The number of anilines is 1. The third-order valence-corrected chi connectivity index (χ3v) is 5.92. The van der Waals surface area contributed by atoms with Crippen molar-refractivity contribution < 1.29 is 22.7 Å². The van der Waals surface area contributed by atoms with Crippen LogP contribution in [0.3, 0.4) is 0 Å². The van der Waals surface area contributed by atoms with E-state index in [2.05, 4.69) is 10.00 Å². The van der Waals surface area contributed by atoms with Gasteiger partial charge in [-0.2, -0.15) is 13.9 Å². The fourth-order valence-corrected chi connectivity index (χ4v) is 4.01. The van der Waals surface area contributed by atoms with Crippen LogP contribution in [-0.2, 0) is 23.1 Å². The molecule has 0 bridgehead atoms. The number of carbonyl (C=O) groups is 1. The van der Waals surface area contributed by atoms with E-state index in [4.69, 9.17) is 4.74 Å². The molecule has 0 unspecified atom stereocenters. The Balaban J connectivity index is 1.49. The number of amides is 1. The van der Waals surface area contributed by atoms with Crippen molar-refractivity contribution >= 4 is 11.6 Å². The van der Waals surface area contributed by atoms with Crippen molar-refractivity contribution in [3.05, 3.63) is 47.5 Å². The summed E-state index contributed by atoms with van der Waals surface area (Å²) in [6, 6.07) is 4.98. The second-order valence-electron chi connectivity index (χ2n) is 7.82. The zero-order chi connectivity index (χ0) is 20.8. The number of aromatic nitrogens is 2. The molecule has 1 aromatic carbocycles. The number of ether oxygens (including phenoxy) is 1. The Kier molecular flexibility index (Phi) is 4.90. The van der Waals surface area contributed by atoms with Crippen LogP contribution in [0.15, 0.2) is 30.5 Å². The number of rotatable bonds is 3. The van der Waals surface area contributed by atoms with Gasteiger partial charge in [0.05, 0.1) is 18.3 Å². The molecule has 0 aliphatic carbocycles. The maximum absolute atomic E-state index is 14.4. The van der Waals surface area contributed by atoms with Gasteiger partial charge in [-0.25, -0.2) is 4.39 Å². The van der Waals surface area contributed by atoms with Gasteiger partial charge in [-0.3, -0.25) is 14.4 Å². The smallest absolute Gasteiger partial charge is 0.304 e. The molecule has 2 fully saturated rings. The van der Waals surface area contributed by atoms with Gasteiger partial charge in [-0.05, 0) is 44.0 Å². The molecule has 1 aromatic heterocycles. The lowest BCUT2D eigenvalue weighted by Gasteiger charge is -2.48. The maximum Gasteiger partial charge on any atom is 0.437 e. The third kappa shape index (κ3) is 3.76. The molecule has 29 heavy (non-hydrogen) atoms. The van der Waals surface area contributed by atoms with Crippen molar-refractivity contribution in [2.24, 2.45) is 7.05 Å². The van der Waals surface area contributed by atoms with Crippen LogP contribution in [0.4, 0.5) is 18.9 Å². The van der Waals surface area contributed by atoms with E-state index in [0.29, 0.717) is 32.5 Å². The van der Waals surface area contributed by atoms with Gasteiger partial charge < -0.3 is 9.64 Å². The van der Waals surface area contributed by atoms with Gasteiger partial charge in [-0.1, -0.05) is 0 Å².